The van der Waals surface area contributed by atoms with Crippen molar-refractivity contribution in [1.82, 2.24) is 5.32 Å². The number of rotatable bonds is 5. The van der Waals surface area contributed by atoms with Gasteiger partial charge in [-0.1, -0.05) is 13.8 Å². The van der Waals surface area contributed by atoms with Crippen LogP contribution in [-0.2, 0) is 4.74 Å². The maximum atomic E-state index is 6.19. The molecule has 0 aromatic rings. The van der Waals surface area contributed by atoms with E-state index in [4.69, 9.17) is 16.3 Å². The second-order valence-corrected chi connectivity index (χ2v) is 6.34. The van der Waals surface area contributed by atoms with Gasteiger partial charge in [-0.25, -0.2) is 0 Å². The molecule has 1 aliphatic heterocycles. The van der Waals surface area contributed by atoms with Crippen molar-refractivity contribution in [2.75, 3.05) is 13.2 Å². The molecule has 0 bridgehead atoms. The van der Waals surface area contributed by atoms with E-state index in [2.05, 4.69) is 19.2 Å². The van der Waals surface area contributed by atoms with E-state index in [1.165, 1.54) is 25.7 Å². The topological polar surface area (TPSA) is 21.3 Å². The van der Waals surface area contributed by atoms with Crippen molar-refractivity contribution in [3.8, 4) is 0 Å². The van der Waals surface area contributed by atoms with Gasteiger partial charge in [0.05, 0.1) is 6.10 Å². The minimum atomic E-state index is 0.269. The summed E-state index contributed by atoms with van der Waals surface area (Å²) in [5, 5.41) is 3.97. The highest BCUT2D eigenvalue weighted by Gasteiger charge is 2.46. The van der Waals surface area contributed by atoms with Crippen molar-refractivity contribution in [2.45, 2.75) is 63.5 Å². The minimum absolute atomic E-state index is 0.269. The van der Waals surface area contributed by atoms with Crippen LogP contribution in [0.15, 0.2) is 0 Å². The third kappa shape index (κ3) is 2.72. The number of nitrogens with one attached hydrogen (secondary N) is 1. The smallest absolute Gasteiger partial charge is 0.0576 e. The lowest BCUT2D eigenvalue weighted by atomic mass is 9.67. The van der Waals surface area contributed by atoms with Gasteiger partial charge >= 0.3 is 0 Å². The van der Waals surface area contributed by atoms with Crippen LogP contribution in [0.4, 0.5) is 0 Å². The molecule has 0 spiro atoms. The van der Waals surface area contributed by atoms with Gasteiger partial charge in [0.2, 0.25) is 0 Å². The van der Waals surface area contributed by atoms with Crippen LogP contribution in [0.25, 0.3) is 0 Å². The summed E-state index contributed by atoms with van der Waals surface area (Å²) in [5.41, 5.74) is 0.269. The number of alkyl halides is 1. The van der Waals surface area contributed by atoms with Crippen LogP contribution in [0.2, 0.25) is 0 Å². The molecule has 2 nitrogen and oxygen atoms in total. The summed E-state index contributed by atoms with van der Waals surface area (Å²) in [6.07, 6.45) is 6.61. The molecule has 0 aromatic carbocycles. The number of hydrogen-bond acceptors (Lipinski definition) is 2. The molecule has 3 unspecified atom stereocenters. The lowest BCUT2D eigenvalue weighted by Crippen LogP contribution is -2.57. The Kier molecular flexibility index (Phi) is 4.15. The fraction of sp³-hybridized carbons (Fsp3) is 1.00. The Morgan fingerprint density at radius 3 is 2.81 bits per heavy atom. The van der Waals surface area contributed by atoms with Crippen molar-refractivity contribution in [3.63, 3.8) is 0 Å². The average Bonchev–Trinajstić information content (AvgIpc) is 2.75. The molecule has 0 aromatic heterocycles. The molecule has 16 heavy (non-hydrogen) atoms. The third-order valence-corrected chi connectivity index (χ3v) is 5.01. The Hall–Kier alpha value is 0.210. The average molecular weight is 246 g/mol. The monoisotopic (exact) mass is 245 g/mol. The SMILES string of the molecule is CC1(C)C(Cl)CC1NCCCC1CCCO1. The fourth-order valence-electron chi connectivity index (χ4n) is 2.70. The lowest BCUT2D eigenvalue weighted by Gasteiger charge is -2.49. The van der Waals surface area contributed by atoms with Gasteiger partial charge in [0.1, 0.15) is 0 Å². The molecule has 2 rings (SSSR count). The standard InChI is InChI=1S/C13H24ClNO/c1-13(2)11(14)9-12(13)15-7-3-5-10-6-4-8-16-10/h10-12,15H,3-9H2,1-2H3. The summed E-state index contributed by atoms with van der Waals surface area (Å²) in [5.74, 6) is 0. The molecule has 0 amide bonds. The highest BCUT2D eigenvalue weighted by Crippen LogP contribution is 2.44. The molecule has 3 heteroatoms. The molecule has 1 heterocycles. The Morgan fingerprint density at radius 2 is 2.25 bits per heavy atom. The molecule has 1 saturated carbocycles. The van der Waals surface area contributed by atoms with Gasteiger partial charge in [-0.05, 0) is 44.1 Å². The summed E-state index contributed by atoms with van der Waals surface area (Å²) >= 11 is 6.19. The highest BCUT2D eigenvalue weighted by molar-refractivity contribution is 6.21. The van der Waals surface area contributed by atoms with Gasteiger partial charge in [0, 0.05) is 18.0 Å². The van der Waals surface area contributed by atoms with Gasteiger partial charge in [0.25, 0.3) is 0 Å². The second-order valence-electron chi connectivity index (χ2n) is 5.81. The lowest BCUT2D eigenvalue weighted by molar-refractivity contribution is 0.0958. The molecular formula is C13H24ClNO. The summed E-state index contributed by atoms with van der Waals surface area (Å²) < 4.78 is 5.61. The zero-order chi connectivity index (χ0) is 11.6. The molecule has 1 aliphatic carbocycles. The first-order valence-electron chi connectivity index (χ1n) is 6.60. The third-order valence-electron chi connectivity index (χ3n) is 4.27. The van der Waals surface area contributed by atoms with E-state index >= 15 is 0 Å². The van der Waals surface area contributed by atoms with Crippen molar-refractivity contribution in [2.24, 2.45) is 5.41 Å². The van der Waals surface area contributed by atoms with E-state index in [1.54, 1.807) is 0 Å². The molecule has 2 fully saturated rings. The van der Waals surface area contributed by atoms with Crippen LogP contribution in [-0.4, -0.2) is 30.7 Å². The summed E-state index contributed by atoms with van der Waals surface area (Å²) in [4.78, 5) is 0. The van der Waals surface area contributed by atoms with Crippen LogP contribution in [0.5, 0.6) is 0 Å². The first-order valence-corrected chi connectivity index (χ1v) is 7.03. The van der Waals surface area contributed by atoms with Gasteiger partial charge in [-0.2, -0.15) is 0 Å². The van der Waals surface area contributed by atoms with Crippen molar-refractivity contribution in [1.29, 1.82) is 0 Å². The maximum absolute atomic E-state index is 6.19. The predicted molar refractivity (Wildman–Crippen MR) is 68.0 cm³/mol. The first-order chi connectivity index (χ1) is 7.60. The van der Waals surface area contributed by atoms with E-state index in [1.807, 2.05) is 0 Å². The summed E-state index contributed by atoms with van der Waals surface area (Å²) in [6, 6.07) is 0.611. The minimum Gasteiger partial charge on any atom is -0.378 e. The van der Waals surface area contributed by atoms with Crippen LogP contribution < -0.4 is 5.32 Å². The zero-order valence-electron chi connectivity index (χ0n) is 10.5. The van der Waals surface area contributed by atoms with E-state index in [-0.39, 0.29) is 5.41 Å². The Bertz CT molecular complexity index is 226. The van der Waals surface area contributed by atoms with Gasteiger partial charge in [-0.15, -0.1) is 11.6 Å². The molecular weight excluding hydrogens is 222 g/mol. The fourth-order valence-corrected chi connectivity index (χ4v) is 3.03. The number of halogens is 1. The quantitative estimate of drug-likeness (QED) is 0.594. The van der Waals surface area contributed by atoms with E-state index in [9.17, 15) is 0 Å². The van der Waals surface area contributed by atoms with Crippen LogP contribution in [0.1, 0.15) is 46.0 Å². The van der Waals surface area contributed by atoms with E-state index in [0.717, 1.165) is 19.6 Å². The molecule has 94 valence electrons. The van der Waals surface area contributed by atoms with Crippen molar-refractivity contribution < 1.29 is 4.74 Å². The number of hydrogen-bond donors (Lipinski definition) is 1. The Morgan fingerprint density at radius 1 is 1.44 bits per heavy atom. The molecule has 2 aliphatic rings. The molecule has 3 atom stereocenters. The van der Waals surface area contributed by atoms with Gasteiger partial charge in [-0.3, -0.25) is 0 Å². The van der Waals surface area contributed by atoms with Gasteiger partial charge < -0.3 is 10.1 Å². The van der Waals surface area contributed by atoms with Crippen LogP contribution in [0, 0.1) is 5.41 Å². The predicted octanol–water partition coefficient (Wildman–Crippen LogP) is 2.94. The zero-order valence-corrected chi connectivity index (χ0v) is 11.2. The normalized spacial score (nSPS) is 37.3. The second kappa shape index (κ2) is 5.24. The largest absolute Gasteiger partial charge is 0.378 e. The Labute approximate surface area is 104 Å². The molecule has 0 radical (unpaired) electrons. The van der Waals surface area contributed by atoms with Crippen molar-refractivity contribution in [3.05, 3.63) is 0 Å². The van der Waals surface area contributed by atoms with Crippen molar-refractivity contribution >= 4 is 11.6 Å². The molecule has 1 saturated heterocycles. The van der Waals surface area contributed by atoms with E-state index in [0.29, 0.717) is 17.5 Å². The summed E-state index contributed by atoms with van der Waals surface area (Å²) in [7, 11) is 0. The van der Waals surface area contributed by atoms with E-state index < -0.39 is 0 Å². The first kappa shape index (κ1) is 12.7. The van der Waals surface area contributed by atoms with Gasteiger partial charge in [0.15, 0.2) is 0 Å². The molecule has 1 N–H and O–H groups in total. The highest BCUT2D eigenvalue weighted by atomic mass is 35.5. The van der Waals surface area contributed by atoms with Crippen LogP contribution in [0.3, 0.4) is 0 Å². The number of ether oxygens (including phenoxy) is 1. The maximum Gasteiger partial charge on any atom is 0.0576 e. The summed E-state index contributed by atoms with van der Waals surface area (Å²) in [6.45, 7) is 6.59. The Balaban J connectivity index is 1.55. The van der Waals surface area contributed by atoms with Crippen LogP contribution >= 0.6 is 11.6 Å².